The maximum absolute atomic E-state index is 12.6. The minimum atomic E-state index is -0.458. The number of hydrogen-bond acceptors (Lipinski definition) is 5. The fourth-order valence-corrected chi connectivity index (χ4v) is 6.83. The summed E-state index contributed by atoms with van der Waals surface area (Å²) in [5.41, 5.74) is 4.33. The second kappa shape index (κ2) is 11.8. The molecule has 1 aromatic rings. The normalized spacial score (nSPS) is 23.0. The predicted molar refractivity (Wildman–Crippen MR) is 153 cm³/mol. The molecule has 3 aliphatic rings. The topological polar surface area (TPSA) is 45.2 Å². The third kappa shape index (κ3) is 6.55. The van der Waals surface area contributed by atoms with Crippen LogP contribution in [-0.4, -0.2) is 69.1 Å². The molecule has 6 nitrogen and oxygen atoms in total. The van der Waals surface area contributed by atoms with Gasteiger partial charge in [0.15, 0.2) is 0 Å². The highest BCUT2D eigenvalue weighted by atomic mass is 16.6. The average molecular weight is 514 g/mol. The number of amides is 1. The summed E-state index contributed by atoms with van der Waals surface area (Å²) in [5, 5.41) is 0. The third-order valence-corrected chi connectivity index (χ3v) is 9.34. The molecule has 1 aliphatic carbocycles. The molecule has 1 atom stereocenters. The number of piperazine rings is 1. The van der Waals surface area contributed by atoms with Gasteiger partial charge >= 0.3 is 6.09 Å². The van der Waals surface area contributed by atoms with E-state index in [2.05, 4.69) is 41.8 Å². The van der Waals surface area contributed by atoms with Crippen LogP contribution in [0, 0.1) is 5.41 Å². The predicted octanol–water partition coefficient (Wildman–Crippen LogP) is 6.82. The number of benzene rings is 1. The van der Waals surface area contributed by atoms with Crippen LogP contribution in [0.2, 0.25) is 0 Å². The lowest BCUT2D eigenvalue weighted by molar-refractivity contribution is 0.0240. The summed E-state index contributed by atoms with van der Waals surface area (Å²) < 4.78 is 11.2. The van der Waals surface area contributed by atoms with Crippen LogP contribution in [-0.2, 0) is 9.47 Å². The zero-order valence-electron chi connectivity index (χ0n) is 24.4. The van der Waals surface area contributed by atoms with Crippen LogP contribution in [0.3, 0.4) is 0 Å². The Labute approximate surface area is 225 Å². The first-order valence-electron chi connectivity index (χ1n) is 14.8. The molecular formula is C31H51N3O3. The first kappa shape index (κ1) is 28.1. The maximum Gasteiger partial charge on any atom is 0.410 e. The molecule has 4 rings (SSSR count). The highest BCUT2D eigenvalue weighted by Crippen LogP contribution is 2.49. The first-order valence-corrected chi connectivity index (χ1v) is 14.8. The largest absolute Gasteiger partial charge is 0.444 e. The van der Waals surface area contributed by atoms with Gasteiger partial charge in [0.25, 0.3) is 0 Å². The van der Waals surface area contributed by atoms with E-state index < -0.39 is 5.60 Å². The van der Waals surface area contributed by atoms with Crippen LogP contribution in [0.25, 0.3) is 0 Å². The van der Waals surface area contributed by atoms with Gasteiger partial charge in [-0.15, -0.1) is 0 Å². The summed E-state index contributed by atoms with van der Waals surface area (Å²) in [6, 6.07) is 7.69. The Morgan fingerprint density at radius 3 is 2.27 bits per heavy atom. The fourth-order valence-electron chi connectivity index (χ4n) is 6.83. The fraction of sp³-hybridized carbons (Fsp3) is 0.774. The van der Waals surface area contributed by atoms with Crippen LogP contribution in [0.15, 0.2) is 18.2 Å². The molecule has 0 bridgehead atoms. The maximum atomic E-state index is 12.6. The van der Waals surface area contributed by atoms with E-state index in [9.17, 15) is 4.79 Å². The summed E-state index contributed by atoms with van der Waals surface area (Å²) in [7, 11) is 1.82. The number of anilines is 2. The molecule has 37 heavy (non-hydrogen) atoms. The van der Waals surface area contributed by atoms with Crippen molar-refractivity contribution in [1.29, 1.82) is 0 Å². The molecule has 208 valence electrons. The molecule has 2 aliphatic heterocycles. The average Bonchev–Trinajstić information content (AvgIpc) is 3.36. The number of carbonyl (C=O) groups excluding carboxylic acids is 1. The Hall–Kier alpha value is -1.95. The Morgan fingerprint density at radius 1 is 1.00 bits per heavy atom. The van der Waals surface area contributed by atoms with Crippen LogP contribution >= 0.6 is 0 Å². The molecule has 0 radical (unpaired) electrons. The Balaban J connectivity index is 1.55. The van der Waals surface area contributed by atoms with Gasteiger partial charge in [0.1, 0.15) is 5.60 Å². The van der Waals surface area contributed by atoms with Crippen molar-refractivity contribution in [2.24, 2.45) is 5.41 Å². The number of carbonyl (C=O) groups is 1. The van der Waals surface area contributed by atoms with Gasteiger partial charge in [-0.2, -0.15) is 0 Å². The van der Waals surface area contributed by atoms with Crippen molar-refractivity contribution in [3.8, 4) is 0 Å². The lowest BCUT2D eigenvalue weighted by atomic mass is 9.66. The van der Waals surface area contributed by atoms with Crippen molar-refractivity contribution < 1.29 is 14.3 Å². The Morgan fingerprint density at radius 2 is 1.68 bits per heavy atom. The van der Waals surface area contributed by atoms with E-state index in [1.807, 2.05) is 32.8 Å². The van der Waals surface area contributed by atoms with Gasteiger partial charge in [-0.25, -0.2) is 4.79 Å². The summed E-state index contributed by atoms with van der Waals surface area (Å²) in [6.45, 7) is 15.6. The quantitative estimate of drug-likeness (QED) is 0.400. The molecule has 0 aromatic heterocycles. The minimum absolute atomic E-state index is 0.191. The van der Waals surface area contributed by atoms with E-state index in [-0.39, 0.29) is 6.09 Å². The van der Waals surface area contributed by atoms with Crippen molar-refractivity contribution in [3.05, 3.63) is 23.8 Å². The summed E-state index contributed by atoms with van der Waals surface area (Å²) in [5.74, 6) is 0.605. The summed E-state index contributed by atoms with van der Waals surface area (Å²) in [6.07, 6.45) is 10.0. The lowest BCUT2D eigenvalue weighted by Gasteiger charge is -2.42. The van der Waals surface area contributed by atoms with E-state index in [1.54, 1.807) is 0 Å². The molecule has 3 fully saturated rings. The van der Waals surface area contributed by atoms with Crippen LogP contribution in [0.4, 0.5) is 16.2 Å². The second-order valence-corrected chi connectivity index (χ2v) is 12.6. The van der Waals surface area contributed by atoms with Gasteiger partial charge in [0, 0.05) is 51.2 Å². The SMILES string of the molecule is CCC1(CC)CCC(c2cc(N3CCC[C@H]3COC)ccc2N2CCN(C(=O)OC(C)(C)C)CC2)CC1. The van der Waals surface area contributed by atoms with E-state index in [0.717, 1.165) is 26.2 Å². The molecule has 1 aromatic carbocycles. The molecule has 0 N–H and O–H groups in total. The molecule has 0 spiro atoms. The van der Waals surface area contributed by atoms with Crippen molar-refractivity contribution in [3.63, 3.8) is 0 Å². The molecule has 1 saturated carbocycles. The zero-order valence-corrected chi connectivity index (χ0v) is 24.4. The standard InChI is InChI=1S/C31H51N3O3/c1-7-31(8-2)15-13-24(14-16-31)27-22-25(34-17-9-10-26(34)23-36-6)11-12-28(27)32-18-20-33(21-19-32)29(35)37-30(3,4)5/h11-12,22,24,26H,7-10,13-21,23H2,1-6H3/t26-/m0/s1. The number of ether oxygens (including phenoxy) is 2. The lowest BCUT2D eigenvalue weighted by Crippen LogP contribution is -2.50. The van der Waals surface area contributed by atoms with Gasteiger partial charge in [-0.3, -0.25) is 0 Å². The summed E-state index contributed by atoms with van der Waals surface area (Å²) >= 11 is 0. The van der Waals surface area contributed by atoms with Gasteiger partial charge in [0.2, 0.25) is 0 Å². The Kier molecular flexibility index (Phi) is 8.98. The number of nitrogens with zero attached hydrogens (tertiary/aromatic N) is 3. The molecule has 0 unspecified atom stereocenters. The highest BCUT2D eigenvalue weighted by Gasteiger charge is 2.35. The zero-order chi connectivity index (χ0) is 26.6. The first-order chi connectivity index (χ1) is 17.7. The minimum Gasteiger partial charge on any atom is -0.444 e. The van der Waals surface area contributed by atoms with E-state index in [0.29, 0.717) is 30.5 Å². The van der Waals surface area contributed by atoms with Gasteiger partial charge in [0.05, 0.1) is 12.6 Å². The van der Waals surface area contributed by atoms with Crippen molar-refractivity contribution in [1.82, 2.24) is 4.90 Å². The van der Waals surface area contributed by atoms with Gasteiger partial charge in [-0.05, 0) is 94.4 Å². The van der Waals surface area contributed by atoms with Crippen LogP contribution in [0.5, 0.6) is 0 Å². The molecule has 2 heterocycles. The van der Waals surface area contributed by atoms with Gasteiger partial charge < -0.3 is 24.2 Å². The third-order valence-electron chi connectivity index (χ3n) is 9.34. The summed E-state index contributed by atoms with van der Waals surface area (Å²) in [4.78, 5) is 19.6. The molecule has 1 amide bonds. The number of methoxy groups -OCH3 is 1. The van der Waals surface area contributed by atoms with Crippen LogP contribution < -0.4 is 9.80 Å². The number of rotatable bonds is 7. The Bertz CT molecular complexity index is 889. The van der Waals surface area contributed by atoms with Crippen molar-refractivity contribution >= 4 is 17.5 Å². The number of hydrogen-bond donors (Lipinski definition) is 0. The van der Waals surface area contributed by atoms with E-state index >= 15 is 0 Å². The second-order valence-electron chi connectivity index (χ2n) is 12.6. The van der Waals surface area contributed by atoms with E-state index in [1.165, 1.54) is 68.3 Å². The van der Waals surface area contributed by atoms with Crippen molar-refractivity contribution in [2.75, 3.05) is 56.2 Å². The van der Waals surface area contributed by atoms with Gasteiger partial charge in [-0.1, -0.05) is 26.7 Å². The monoisotopic (exact) mass is 513 g/mol. The molecule has 2 saturated heterocycles. The highest BCUT2D eigenvalue weighted by molar-refractivity contribution is 5.69. The smallest absolute Gasteiger partial charge is 0.410 e. The molecular weight excluding hydrogens is 462 g/mol. The van der Waals surface area contributed by atoms with E-state index in [4.69, 9.17) is 9.47 Å². The molecule has 6 heteroatoms. The van der Waals surface area contributed by atoms with Crippen molar-refractivity contribution in [2.45, 2.75) is 104 Å². The van der Waals surface area contributed by atoms with Crippen LogP contribution in [0.1, 0.15) is 97.5 Å².